The third-order valence-electron chi connectivity index (χ3n) is 8.75. The highest BCUT2D eigenvalue weighted by Crippen LogP contribution is 2.53. The summed E-state index contributed by atoms with van der Waals surface area (Å²) in [6.45, 7) is 5.99. The van der Waals surface area contributed by atoms with E-state index in [-0.39, 0.29) is 36.3 Å². The molecular weight excluding hydrogens is 565 g/mol. The number of fused-ring (bicyclic) bond motifs is 1. The van der Waals surface area contributed by atoms with E-state index in [1.807, 2.05) is 14.0 Å². The second-order valence-electron chi connectivity index (χ2n) is 11.8. The van der Waals surface area contributed by atoms with Gasteiger partial charge in [-0.2, -0.15) is 18.2 Å². The number of alkyl halides is 3. The number of amides is 1. The van der Waals surface area contributed by atoms with Gasteiger partial charge < -0.3 is 14.0 Å². The Morgan fingerprint density at radius 3 is 2.60 bits per heavy atom. The quantitative estimate of drug-likeness (QED) is 0.307. The highest BCUT2D eigenvalue weighted by molar-refractivity contribution is 6.11. The first-order valence-corrected chi connectivity index (χ1v) is 14.4. The molecule has 1 unspecified atom stereocenters. The number of anilines is 1. The average molecular weight is 599 g/mol. The van der Waals surface area contributed by atoms with Crippen molar-refractivity contribution in [2.75, 3.05) is 24.6 Å². The van der Waals surface area contributed by atoms with Gasteiger partial charge in [-0.05, 0) is 73.4 Å². The number of halogens is 3. The number of ether oxygens (including phenoxy) is 2. The number of pyridine rings is 1. The fourth-order valence-electron chi connectivity index (χ4n) is 6.28. The molecule has 1 saturated heterocycles. The van der Waals surface area contributed by atoms with Gasteiger partial charge in [-0.1, -0.05) is 6.92 Å². The monoisotopic (exact) mass is 598 g/mol. The molecule has 1 amide bonds. The van der Waals surface area contributed by atoms with Crippen LogP contribution in [0.2, 0.25) is 0 Å². The molecule has 13 heteroatoms. The zero-order valence-electron chi connectivity index (χ0n) is 24.2. The molecule has 0 bridgehead atoms. The van der Waals surface area contributed by atoms with E-state index in [1.165, 1.54) is 6.07 Å². The number of rotatable bonds is 10. The zero-order valence-corrected chi connectivity index (χ0v) is 24.2. The zero-order chi connectivity index (χ0) is 30.5. The highest BCUT2D eigenvalue weighted by atomic mass is 19.4. The molecule has 6 rings (SSSR count). The molecule has 1 saturated carbocycles. The summed E-state index contributed by atoms with van der Waals surface area (Å²) >= 11 is 0. The first-order chi connectivity index (χ1) is 20.5. The van der Waals surface area contributed by atoms with E-state index in [2.05, 4.69) is 20.1 Å². The van der Waals surface area contributed by atoms with Gasteiger partial charge in [-0.25, -0.2) is 0 Å². The van der Waals surface area contributed by atoms with Crippen molar-refractivity contribution in [2.45, 2.75) is 64.4 Å². The van der Waals surface area contributed by atoms with E-state index in [1.54, 1.807) is 30.0 Å². The van der Waals surface area contributed by atoms with Crippen LogP contribution in [0.1, 0.15) is 83.7 Å². The molecule has 1 spiro atoms. The molecule has 2 aromatic heterocycles. The maximum Gasteiger partial charge on any atom is 0.416 e. The van der Waals surface area contributed by atoms with Gasteiger partial charge in [0.25, 0.3) is 12.4 Å². The molecule has 43 heavy (non-hydrogen) atoms. The molecule has 2 atom stereocenters. The van der Waals surface area contributed by atoms with Gasteiger partial charge in [0.2, 0.25) is 12.1 Å². The number of carbonyl (C=O) groups excluding carboxylic acids is 2. The molecule has 2 fully saturated rings. The Bertz CT molecular complexity index is 1550. The summed E-state index contributed by atoms with van der Waals surface area (Å²) in [4.78, 5) is 33.2. The summed E-state index contributed by atoms with van der Waals surface area (Å²) in [5.41, 5.74) is -0.152. The van der Waals surface area contributed by atoms with Gasteiger partial charge in [0.1, 0.15) is 18.0 Å². The molecular formula is C30H33F3N6O4. The van der Waals surface area contributed by atoms with Crippen LogP contribution < -0.4 is 9.64 Å². The Kier molecular flexibility index (Phi) is 7.39. The molecule has 1 aromatic carbocycles. The van der Waals surface area contributed by atoms with Gasteiger partial charge >= 0.3 is 6.18 Å². The number of aromatic nitrogens is 4. The second-order valence-corrected chi connectivity index (χ2v) is 11.8. The Morgan fingerprint density at radius 2 is 1.98 bits per heavy atom. The van der Waals surface area contributed by atoms with Crippen LogP contribution in [0.4, 0.5) is 19.0 Å². The molecule has 10 nitrogen and oxygen atoms in total. The van der Waals surface area contributed by atoms with E-state index in [0.29, 0.717) is 29.5 Å². The lowest BCUT2D eigenvalue weighted by molar-refractivity contribution is -0.142. The van der Waals surface area contributed by atoms with Crippen molar-refractivity contribution in [3.05, 3.63) is 64.2 Å². The molecule has 3 aromatic rings. The number of carbonyl (C=O) groups is 2. The predicted octanol–water partition coefficient (Wildman–Crippen LogP) is 4.79. The predicted molar refractivity (Wildman–Crippen MR) is 148 cm³/mol. The Morgan fingerprint density at radius 1 is 1.19 bits per heavy atom. The van der Waals surface area contributed by atoms with Crippen LogP contribution >= 0.6 is 0 Å². The van der Waals surface area contributed by atoms with Crippen molar-refractivity contribution in [1.29, 1.82) is 0 Å². The Labute approximate surface area is 246 Å². The largest absolute Gasteiger partial charge is 0.478 e. The minimum absolute atomic E-state index is 0.0173. The summed E-state index contributed by atoms with van der Waals surface area (Å²) in [6, 6.07) is 5.91. The molecule has 1 aliphatic carbocycles. The van der Waals surface area contributed by atoms with Gasteiger partial charge in [0.15, 0.2) is 0 Å². The maximum atomic E-state index is 14.6. The molecule has 4 heterocycles. The van der Waals surface area contributed by atoms with Crippen LogP contribution in [-0.2, 0) is 35.7 Å². The average Bonchev–Trinajstić information content (AvgIpc) is 3.26. The van der Waals surface area contributed by atoms with Gasteiger partial charge in [0.05, 0.1) is 12.2 Å². The van der Waals surface area contributed by atoms with Crippen LogP contribution in [0.3, 0.4) is 0 Å². The lowest BCUT2D eigenvalue weighted by atomic mass is 9.97. The first-order valence-electron chi connectivity index (χ1n) is 14.4. The van der Waals surface area contributed by atoms with Crippen molar-refractivity contribution in [1.82, 2.24) is 24.6 Å². The SMILES string of the molecule is CCOc1cc([C@H](C)Cc2nncn2C)cc(N2C(=O)c3cc(CN4CCC5(CC5)C4)cc(C(F)(F)F)c3C2OC=O)n1. The molecule has 0 radical (unpaired) electrons. The number of aryl methyl sites for hydroxylation is 1. The minimum atomic E-state index is -4.79. The Hall–Kier alpha value is -4.00. The topological polar surface area (TPSA) is 103 Å². The van der Waals surface area contributed by atoms with E-state index in [4.69, 9.17) is 9.47 Å². The van der Waals surface area contributed by atoms with Crippen LogP contribution in [0.15, 0.2) is 30.6 Å². The van der Waals surface area contributed by atoms with Gasteiger partial charge in [0, 0.05) is 43.8 Å². The smallest absolute Gasteiger partial charge is 0.416 e. The number of likely N-dealkylation sites (tertiary alicyclic amines) is 1. The van der Waals surface area contributed by atoms with E-state index < -0.39 is 29.4 Å². The lowest BCUT2D eigenvalue weighted by Gasteiger charge is -2.25. The summed E-state index contributed by atoms with van der Waals surface area (Å²) in [5, 5.41) is 8.05. The van der Waals surface area contributed by atoms with E-state index in [0.717, 1.165) is 49.1 Å². The summed E-state index contributed by atoms with van der Waals surface area (Å²) in [7, 11) is 1.83. The van der Waals surface area contributed by atoms with Gasteiger partial charge in [-0.3, -0.25) is 19.4 Å². The second kappa shape index (κ2) is 10.9. The number of benzene rings is 1. The van der Waals surface area contributed by atoms with E-state index in [9.17, 15) is 22.8 Å². The van der Waals surface area contributed by atoms with Crippen molar-refractivity contribution < 1.29 is 32.2 Å². The fourth-order valence-corrected chi connectivity index (χ4v) is 6.28. The Balaban J connectivity index is 1.40. The molecule has 3 aliphatic rings. The summed E-state index contributed by atoms with van der Waals surface area (Å²) < 4.78 is 56.3. The highest BCUT2D eigenvalue weighted by Gasteiger charge is 2.49. The van der Waals surface area contributed by atoms with Crippen molar-refractivity contribution in [3.8, 4) is 5.88 Å². The maximum absolute atomic E-state index is 14.6. The van der Waals surface area contributed by atoms with Crippen LogP contribution in [-0.4, -0.2) is 56.7 Å². The van der Waals surface area contributed by atoms with Crippen molar-refractivity contribution in [2.24, 2.45) is 12.5 Å². The van der Waals surface area contributed by atoms with Crippen molar-refractivity contribution >= 4 is 18.2 Å². The summed E-state index contributed by atoms with van der Waals surface area (Å²) in [6.07, 6.45) is -1.04. The summed E-state index contributed by atoms with van der Waals surface area (Å²) in [5.74, 6) is 0.0461. The molecule has 0 N–H and O–H groups in total. The van der Waals surface area contributed by atoms with Crippen LogP contribution in [0.5, 0.6) is 5.88 Å². The standard InChI is InChI=1S/C30H33F3N6O4/c1-4-42-25-13-20(18(2)9-24-36-34-16-37(24)3)12-23(35-25)39-27(41)21-10-19(14-38-8-7-29(15-38)5-6-29)11-22(30(31,32)33)26(21)28(39)43-17-40/h10-13,16-18,28H,4-9,14-15H2,1-3H3/t18-,28?/m1/s1. The fraction of sp³-hybridized carbons (Fsp3) is 0.500. The molecule has 228 valence electrons. The number of hydrogen-bond acceptors (Lipinski definition) is 8. The van der Waals surface area contributed by atoms with Crippen LogP contribution in [0, 0.1) is 5.41 Å². The first kappa shape index (κ1) is 29.1. The number of nitrogens with zero attached hydrogens (tertiary/aromatic N) is 6. The van der Waals surface area contributed by atoms with Crippen molar-refractivity contribution in [3.63, 3.8) is 0 Å². The van der Waals surface area contributed by atoms with E-state index >= 15 is 0 Å². The molecule has 2 aliphatic heterocycles. The normalized spacial score (nSPS) is 20.0. The third-order valence-corrected chi connectivity index (χ3v) is 8.75. The number of hydrogen-bond donors (Lipinski definition) is 0. The lowest BCUT2D eigenvalue weighted by Crippen LogP contribution is -2.30. The third kappa shape index (κ3) is 5.57. The van der Waals surface area contributed by atoms with Crippen LogP contribution in [0.25, 0.3) is 0 Å². The van der Waals surface area contributed by atoms with Gasteiger partial charge in [-0.15, -0.1) is 10.2 Å². The minimum Gasteiger partial charge on any atom is -0.478 e.